The Balaban J connectivity index is 5.74. The lowest BCUT2D eigenvalue weighted by atomic mass is 10.2. The smallest absolute Gasteiger partial charge is 0.334 e. The molecule has 0 spiro atoms. The molecule has 0 heterocycles. The first-order valence-corrected chi connectivity index (χ1v) is 14.9. The van der Waals surface area contributed by atoms with Crippen LogP contribution in [0, 0.1) is 0 Å². The van der Waals surface area contributed by atoms with E-state index >= 15 is 0 Å². The fourth-order valence-corrected chi connectivity index (χ4v) is 4.62. The molecule has 2 atom stereocenters. The third-order valence-corrected chi connectivity index (χ3v) is 7.16. The van der Waals surface area contributed by atoms with Gasteiger partial charge in [0.2, 0.25) is 0 Å². The van der Waals surface area contributed by atoms with Gasteiger partial charge in [0.05, 0.1) is 26.4 Å². The van der Waals surface area contributed by atoms with Crippen LogP contribution in [0.1, 0.15) is 118 Å². The molecule has 34 heavy (non-hydrogen) atoms. The monoisotopic (exact) mass is 503 g/mol. The van der Waals surface area contributed by atoms with Gasteiger partial charge in [0.25, 0.3) is 11.8 Å². The number of carbonyl (C=O) groups is 1. The second kappa shape index (κ2) is 21.6. The van der Waals surface area contributed by atoms with Crippen LogP contribution in [0.5, 0.6) is 0 Å². The van der Waals surface area contributed by atoms with Crippen molar-refractivity contribution in [3.63, 3.8) is 0 Å². The molecule has 0 bridgehead atoms. The normalized spacial score (nSPS) is 13.1. The Morgan fingerprint density at radius 2 is 1.12 bits per heavy atom. The minimum Gasteiger partial charge on any atom is -0.334 e. The van der Waals surface area contributed by atoms with E-state index in [4.69, 9.17) is 18.9 Å². The lowest BCUT2D eigenvalue weighted by Gasteiger charge is -2.34. The standard InChI is InChI=1S/C27H52O6P/c1-7-11-15-19-30-25(34(29)26(28)24(5)6)23-27(31-20-16-12-8-2,32-21-17-13-9-3)33-22-18-14-10-4/h25H,5,7-23H2,1-4,6H3/q+1. The molecule has 0 N–H and O–H groups in total. The van der Waals surface area contributed by atoms with Crippen molar-refractivity contribution in [2.24, 2.45) is 0 Å². The molecule has 0 aromatic rings. The van der Waals surface area contributed by atoms with Gasteiger partial charge < -0.3 is 18.9 Å². The molecule has 0 rings (SSSR count). The first kappa shape index (κ1) is 33.4. The van der Waals surface area contributed by atoms with E-state index in [1.165, 1.54) is 0 Å². The van der Waals surface area contributed by atoms with Gasteiger partial charge in [-0.05, 0) is 32.6 Å². The average molecular weight is 504 g/mol. The molecule has 0 saturated carbocycles. The van der Waals surface area contributed by atoms with E-state index < -0.39 is 25.1 Å². The van der Waals surface area contributed by atoms with E-state index in [1.807, 2.05) is 0 Å². The Hall–Kier alpha value is -0.650. The zero-order valence-electron chi connectivity index (χ0n) is 22.7. The van der Waals surface area contributed by atoms with Crippen molar-refractivity contribution in [2.75, 3.05) is 26.4 Å². The quantitative estimate of drug-likeness (QED) is 0.0542. The molecule has 7 heteroatoms. The third-order valence-electron chi connectivity index (χ3n) is 5.52. The molecule has 6 nitrogen and oxygen atoms in total. The molecule has 0 aliphatic carbocycles. The molecular weight excluding hydrogens is 451 g/mol. The minimum absolute atomic E-state index is 0.0950. The van der Waals surface area contributed by atoms with Crippen LogP contribution in [0.3, 0.4) is 0 Å². The van der Waals surface area contributed by atoms with Gasteiger partial charge in [-0.15, -0.1) is 0 Å². The Kier molecular flexibility index (Phi) is 21.2. The summed E-state index contributed by atoms with van der Waals surface area (Å²) in [4.78, 5) is 12.6. The van der Waals surface area contributed by atoms with Crippen LogP contribution in [-0.4, -0.2) is 43.8 Å². The molecule has 0 aliphatic rings. The maximum atomic E-state index is 13.2. The number of hydrogen-bond donors (Lipinski definition) is 0. The van der Waals surface area contributed by atoms with Crippen molar-refractivity contribution in [2.45, 2.75) is 130 Å². The van der Waals surface area contributed by atoms with Crippen molar-refractivity contribution in [1.82, 2.24) is 0 Å². The van der Waals surface area contributed by atoms with E-state index in [9.17, 15) is 9.36 Å². The van der Waals surface area contributed by atoms with Gasteiger partial charge in [0.15, 0.2) is 0 Å². The summed E-state index contributed by atoms with van der Waals surface area (Å²) < 4.78 is 38.0. The first-order chi connectivity index (χ1) is 16.4. The largest absolute Gasteiger partial charge is 0.451 e. The summed E-state index contributed by atoms with van der Waals surface area (Å²) in [7, 11) is -2.35. The summed E-state index contributed by atoms with van der Waals surface area (Å²) in [5.74, 6) is -2.22. The Bertz CT molecular complexity index is 520. The first-order valence-electron chi connectivity index (χ1n) is 13.6. The molecule has 0 aromatic carbocycles. The van der Waals surface area contributed by atoms with Gasteiger partial charge in [-0.1, -0.05) is 90.2 Å². The summed E-state index contributed by atoms with van der Waals surface area (Å²) in [5.41, 5.74) is -0.196. The SMILES string of the molecule is C=C(C)C(=O)[P+](=O)C(CC(OCCCCC)(OCCCCC)OCCCCC)OCCCCC. The Labute approximate surface area is 210 Å². The van der Waals surface area contributed by atoms with E-state index in [2.05, 4.69) is 34.3 Å². The van der Waals surface area contributed by atoms with E-state index in [0.29, 0.717) is 26.4 Å². The number of hydrogen-bond acceptors (Lipinski definition) is 6. The van der Waals surface area contributed by atoms with Crippen molar-refractivity contribution >= 4 is 13.3 Å². The van der Waals surface area contributed by atoms with Crippen LogP contribution in [0.2, 0.25) is 0 Å². The highest BCUT2D eigenvalue weighted by molar-refractivity contribution is 7.65. The summed E-state index contributed by atoms with van der Waals surface area (Å²) >= 11 is 0. The highest BCUT2D eigenvalue weighted by Gasteiger charge is 2.48. The number of allylic oxidation sites excluding steroid dienone is 1. The van der Waals surface area contributed by atoms with Crippen LogP contribution >= 0.6 is 7.80 Å². The zero-order valence-corrected chi connectivity index (χ0v) is 23.6. The Morgan fingerprint density at radius 3 is 1.47 bits per heavy atom. The molecule has 0 aliphatic heterocycles. The lowest BCUT2D eigenvalue weighted by molar-refractivity contribution is -0.387. The van der Waals surface area contributed by atoms with Crippen LogP contribution < -0.4 is 0 Å². The molecule has 200 valence electrons. The highest BCUT2D eigenvalue weighted by atomic mass is 31.1. The third kappa shape index (κ3) is 15.4. The molecule has 0 amide bonds. The molecule has 0 fully saturated rings. The van der Waals surface area contributed by atoms with Gasteiger partial charge in [-0.3, -0.25) is 0 Å². The van der Waals surface area contributed by atoms with Crippen molar-refractivity contribution < 1.29 is 28.3 Å². The van der Waals surface area contributed by atoms with Crippen molar-refractivity contribution in [3.8, 4) is 0 Å². The molecule has 2 unspecified atom stereocenters. The molecule has 0 saturated heterocycles. The van der Waals surface area contributed by atoms with Crippen molar-refractivity contribution in [1.29, 1.82) is 0 Å². The number of carbonyl (C=O) groups excluding carboxylic acids is 1. The topological polar surface area (TPSA) is 71.1 Å². The van der Waals surface area contributed by atoms with Crippen LogP contribution in [-0.2, 0) is 28.3 Å². The van der Waals surface area contributed by atoms with Gasteiger partial charge >= 0.3 is 13.3 Å². The summed E-state index contributed by atoms with van der Waals surface area (Å²) in [6.07, 6.45) is 12.0. The number of ether oxygens (including phenoxy) is 4. The molecule has 0 radical (unpaired) electrons. The summed E-state index contributed by atoms with van der Waals surface area (Å²) in [6, 6.07) is 0. The zero-order chi connectivity index (χ0) is 25.7. The number of rotatable bonds is 25. The molecular formula is C27H52O6P+. The van der Waals surface area contributed by atoms with Crippen LogP contribution in [0.25, 0.3) is 0 Å². The maximum absolute atomic E-state index is 13.2. The van der Waals surface area contributed by atoms with Gasteiger partial charge in [0, 0.05) is 5.57 Å². The molecule has 0 aromatic heterocycles. The second-order valence-electron chi connectivity index (χ2n) is 9.00. The lowest BCUT2D eigenvalue weighted by Crippen LogP contribution is -2.43. The summed E-state index contributed by atoms with van der Waals surface area (Å²) in [6.45, 7) is 15.7. The Morgan fingerprint density at radius 1 is 0.735 bits per heavy atom. The predicted molar refractivity (Wildman–Crippen MR) is 140 cm³/mol. The average Bonchev–Trinajstić information content (AvgIpc) is 2.83. The van der Waals surface area contributed by atoms with Crippen molar-refractivity contribution in [3.05, 3.63) is 12.2 Å². The minimum atomic E-state index is -2.35. The van der Waals surface area contributed by atoms with Gasteiger partial charge in [0.1, 0.15) is 6.42 Å². The van der Waals surface area contributed by atoms with E-state index in [0.717, 1.165) is 77.0 Å². The second-order valence-corrected chi connectivity index (χ2v) is 10.6. The highest BCUT2D eigenvalue weighted by Crippen LogP contribution is 2.40. The fraction of sp³-hybridized carbons (Fsp3) is 0.889. The van der Waals surface area contributed by atoms with Crippen LogP contribution in [0.4, 0.5) is 0 Å². The number of unbranched alkanes of at least 4 members (excludes halogenated alkanes) is 8. The van der Waals surface area contributed by atoms with Crippen LogP contribution in [0.15, 0.2) is 12.2 Å². The fourth-order valence-electron chi connectivity index (χ4n) is 3.35. The van der Waals surface area contributed by atoms with E-state index in [-0.39, 0.29) is 12.0 Å². The predicted octanol–water partition coefficient (Wildman–Crippen LogP) is 8.11. The van der Waals surface area contributed by atoms with E-state index in [1.54, 1.807) is 6.92 Å². The maximum Gasteiger partial charge on any atom is 0.451 e. The van der Waals surface area contributed by atoms with Gasteiger partial charge in [-0.25, -0.2) is 4.79 Å². The van der Waals surface area contributed by atoms with Gasteiger partial charge in [-0.2, -0.15) is 0 Å². The summed E-state index contributed by atoms with van der Waals surface area (Å²) in [5, 5.41) is 0.